The van der Waals surface area contributed by atoms with Crippen molar-refractivity contribution in [3.05, 3.63) is 47.2 Å². The maximum Gasteiger partial charge on any atom is 0.311 e. The van der Waals surface area contributed by atoms with Crippen LogP contribution < -0.4 is 0 Å². The molecule has 5 nitrogen and oxygen atoms in total. The molecule has 0 aromatic heterocycles. The monoisotopic (exact) mass is 297 g/mol. The van der Waals surface area contributed by atoms with Gasteiger partial charge in [-0.15, -0.1) is 0 Å². The summed E-state index contributed by atoms with van der Waals surface area (Å²) < 4.78 is 5.01. The molecule has 1 aliphatic rings. The Labute approximate surface area is 128 Å². The van der Waals surface area contributed by atoms with Crippen LogP contribution in [-0.4, -0.2) is 17.5 Å². The van der Waals surface area contributed by atoms with E-state index in [1.54, 1.807) is 32.0 Å². The summed E-state index contributed by atoms with van der Waals surface area (Å²) in [7, 11) is 0. The Morgan fingerprint density at radius 2 is 1.86 bits per heavy atom. The number of carbonyl (C=O) groups is 3. The second-order valence-electron chi connectivity index (χ2n) is 5.72. The topological polar surface area (TPSA) is 84.2 Å². The van der Waals surface area contributed by atoms with E-state index in [4.69, 9.17) is 10.00 Å². The molecule has 0 unspecified atom stereocenters. The summed E-state index contributed by atoms with van der Waals surface area (Å²) in [4.78, 5) is 35.9. The van der Waals surface area contributed by atoms with E-state index in [1.807, 2.05) is 0 Å². The minimum Gasteiger partial charge on any atom is -0.422 e. The Hall–Kier alpha value is -2.74. The molecule has 0 bridgehead atoms. The van der Waals surface area contributed by atoms with Crippen LogP contribution in [0.3, 0.4) is 0 Å². The van der Waals surface area contributed by atoms with E-state index in [-0.39, 0.29) is 23.5 Å². The van der Waals surface area contributed by atoms with Crippen LogP contribution in [0.15, 0.2) is 36.1 Å². The Morgan fingerprint density at radius 1 is 1.23 bits per heavy atom. The average Bonchev–Trinajstić information content (AvgIpc) is 2.50. The molecule has 22 heavy (non-hydrogen) atoms. The summed E-state index contributed by atoms with van der Waals surface area (Å²) in [6.07, 6.45) is 1.35. The van der Waals surface area contributed by atoms with Crippen molar-refractivity contribution in [1.82, 2.24) is 0 Å². The van der Waals surface area contributed by atoms with Crippen molar-refractivity contribution in [2.75, 3.05) is 0 Å². The van der Waals surface area contributed by atoms with Crippen LogP contribution in [0, 0.1) is 16.7 Å². The Morgan fingerprint density at radius 3 is 2.50 bits per heavy atom. The molecule has 1 aromatic carbocycles. The number of nitriles is 1. The average molecular weight is 297 g/mol. The second kappa shape index (κ2) is 5.94. The van der Waals surface area contributed by atoms with Gasteiger partial charge in [-0.25, -0.2) is 0 Å². The Kier molecular flexibility index (Phi) is 4.22. The van der Waals surface area contributed by atoms with Crippen LogP contribution in [0.2, 0.25) is 0 Å². The molecule has 1 aromatic rings. The number of hydrogen-bond donors (Lipinski definition) is 0. The smallest absolute Gasteiger partial charge is 0.311 e. The number of Topliss-reactive ketones (excluding diaryl/α,β-unsaturated/α-hetero) is 1. The maximum atomic E-state index is 12.2. The third-order valence-electron chi connectivity index (χ3n) is 3.40. The van der Waals surface area contributed by atoms with E-state index in [0.29, 0.717) is 12.0 Å². The lowest BCUT2D eigenvalue weighted by Crippen LogP contribution is -2.21. The number of rotatable bonds is 4. The van der Waals surface area contributed by atoms with Crippen LogP contribution in [0.4, 0.5) is 0 Å². The number of ether oxygens (including phenoxy) is 1. The van der Waals surface area contributed by atoms with Gasteiger partial charge in [-0.2, -0.15) is 5.26 Å². The van der Waals surface area contributed by atoms with Gasteiger partial charge in [0.1, 0.15) is 0 Å². The molecular formula is C17H15NO4. The van der Waals surface area contributed by atoms with Crippen molar-refractivity contribution in [2.24, 2.45) is 5.41 Å². The number of allylic oxidation sites excluding steroid dienone is 2. The lowest BCUT2D eigenvalue weighted by molar-refractivity contribution is -0.139. The quantitative estimate of drug-likeness (QED) is 0.798. The third kappa shape index (κ3) is 3.29. The molecule has 0 N–H and O–H groups in total. The van der Waals surface area contributed by atoms with Crippen LogP contribution >= 0.6 is 0 Å². The van der Waals surface area contributed by atoms with E-state index in [2.05, 4.69) is 6.07 Å². The zero-order chi connectivity index (χ0) is 16.3. The van der Waals surface area contributed by atoms with Gasteiger partial charge in [-0.05, 0) is 20.3 Å². The van der Waals surface area contributed by atoms with Gasteiger partial charge in [0.05, 0.1) is 11.5 Å². The molecular weight excluding hydrogens is 282 g/mol. The van der Waals surface area contributed by atoms with Gasteiger partial charge < -0.3 is 4.74 Å². The summed E-state index contributed by atoms with van der Waals surface area (Å²) in [6, 6.07) is 8.47. The fraction of sp³-hybridized carbons (Fsp3) is 0.294. The Balaban J connectivity index is 2.09. The van der Waals surface area contributed by atoms with E-state index < -0.39 is 17.2 Å². The molecule has 0 heterocycles. The number of ketones is 2. The number of carbonyl (C=O) groups excluding carboxylic acids is 3. The lowest BCUT2D eigenvalue weighted by Gasteiger charge is -2.16. The number of hydrogen-bond acceptors (Lipinski definition) is 5. The predicted molar refractivity (Wildman–Crippen MR) is 77.9 cm³/mol. The molecule has 0 aliphatic heterocycles. The molecule has 0 radical (unpaired) electrons. The van der Waals surface area contributed by atoms with Crippen molar-refractivity contribution in [2.45, 2.75) is 26.7 Å². The van der Waals surface area contributed by atoms with Crippen molar-refractivity contribution < 1.29 is 19.1 Å². The molecule has 0 saturated carbocycles. The van der Waals surface area contributed by atoms with Gasteiger partial charge in [-0.1, -0.05) is 24.3 Å². The number of benzene rings is 1. The summed E-state index contributed by atoms with van der Waals surface area (Å²) >= 11 is 0. The second-order valence-corrected chi connectivity index (χ2v) is 5.72. The summed E-state index contributed by atoms with van der Waals surface area (Å²) in [6.45, 7) is 3.43. The highest BCUT2D eigenvalue weighted by Crippen LogP contribution is 2.24. The number of fused-ring (bicyclic) bond motifs is 1. The maximum absolute atomic E-state index is 12.2. The standard InChI is InChI=1S/C17H15NO4/c1-17(2,10-18)8-7-15(20)22-14-9-13(19)11-5-3-4-6-12(11)16(14)21/h3-6,9H,7-8H2,1-2H3. The molecule has 5 heteroatoms. The van der Waals surface area contributed by atoms with E-state index in [1.165, 1.54) is 6.07 Å². The first-order chi connectivity index (χ1) is 10.3. The van der Waals surface area contributed by atoms with Gasteiger partial charge in [0.2, 0.25) is 5.78 Å². The fourth-order valence-electron chi connectivity index (χ4n) is 2.01. The van der Waals surface area contributed by atoms with Crippen LogP contribution in [-0.2, 0) is 9.53 Å². The number of nitrogens with zero attached hydrogens (tertiary/aromatic N) is 1. The summed E-state index contributed by atoms with van der Waals surface area (Å²) in [5.41, 5.74) is -0.111. The minimum atomic E-state index is -0.646. The normalized spacial score (nSPS) is 14.0. The van der Waals surface area contributed by atoms with Crippen molar-refractivity contribution >= 4 is 17.5 Å². The highest BCUT2D eigenvalue weighted by Gasteiger charge is 2.28. The molecule has 1 aliphatic carbocycles. The first-order valence-corrected chi connectivity index (χ1v) is 6.86. The van der Waals surface area contributed by atoms with Crippen LogP contribution in [0.1, 0.15) is 47.4 Å². The summed E-state index contributed by atoms with van der Waals surface area (Å²) in [5, 5.41) is 8.90. The molecule has 0 fully saturated rings. The zero-order valence-corrected chi connectivity index (χ0v) is 12.4. The van der Waals surface area contributed by atoms with Gasteiger partial charge in [0.25, 0.3) is 0 Å². The van der Waals surface area contributed by atoms with Gasteiger partial charge >= 0.3 is 5.97 Å². The van der Waals surface area contributed by atoms with Gasteiger partial charge in [0, 0.05) is 23.6 Å². The SMILES string of the molecule is CC(C)(C#N)CCC(=O)OC1=CC(=O)c2ccccc2C1=O. The van der Waals surface area contributed by atoms with Crippen molar-refractivity contribution in [3.8, 4) is 6.07 Å². The highest BCUT2D eigenvalue weighted by molar-refractivity contribution is 6.24. The van der Waals surface area contributed by atoms with Gasteiger partial charge in [0.15, 0.2) is 11.5 Å². The highest BCUT2D eigenvalue weighted by atomic mass is 16.5. The first-order valence-electron chi connectivity index (χ1n) is 6.86. The van der Waals surface area contributed by atoms with Crippen LogP contribution in [0.25, 0.3) is 0 Å². The van der Waals surface area contributed by atoms with Crippen molar-refractivity contribution in [3.63, 3.8) is 0 Å². The minimum absolute atomic E-state index is 0.00101. The van der Waals surface area contributed by atoms with Crippen LogP contribution in [0.5, 0.6) is 0 Å². The number of esters is 1. The molecule has 112 valence electrons. The van der Waals surface area contributed by atoms with E-state index in [9.17, 15) is 14.4 Å². The van der Waals surface area contributed by atoms with E-state index in [0.717, 1.165) is 6.08 Å². The molecule has 0 spiro atoms. The molecule has 2 rings (SSSR count). The van der Waals surface area contributed by atoms with Crippen molar-refractivity contribution in [1.29, 1.82) is 5.26 Å². The molecule has 0 saturated heterocycles. The zero-order valence-electron chi connectivity index (χ0n) is 12.4. The van der Waals surface area contributed by atoms with E-state index >= 15 is 0 Å². The molecule has 0 amide bonds. The Bertz CT molecular complexity index is 722. The lowest BCUT2D eigenvalue weighted by atomic mass is 9.90. The molecule has 0 atom stereocenters. The fourth-order valence-corrected chi connectivity index (χ4v) is 2.01. The first kappa shape index (κ1) is 15.6. The largest absolute Gasteiger partial charge is 0.422 e. The third-order valence-corrected chi connectivity index (χ3v) is 3.40. The predicted octanol–water partition coefficient (Wildman–Crippen LogP) is 2.82. The van der Waals surface area contributed by atoms with Gasteiger partial charge in [-0.3, -0.25) is 14.4 Å². The summed E-state index contributed by atoms with van der Waals surface area (Å²) in [5.74, 6) is -1.74.